The fraction of sp³-hybridized carbons (Fsp3) is 0.318. The lowest BCUT2D eigenvalue weighted by Gasteiger charge is -2.24. The molecule has 1 amide bonds. The molecular weight excluding hydrogens is 407 g/mol. The molecule has 0 unspecified atom stereocenters. The minimum Gasteiger partial charge on any atom is -0.346 e. The van der Waals surface area contributed by atoms with Gasteiger partial charge in [0.05, 0.1) is 17.3 Å². The van der Waals surface area contributed by atoms with Crippen molar-refractivity contribution in [3.8, 4) is 11.1 Å². The summed E-state index contributed by atoms with van der Waals surface area (Å²) in [5.41, 5.74) is 4.12. The maximum absolute atomic E-state index is 12.8. The number of hydrogen-bond donors (Lipinski definition) is 2. The summed E-state index contributed by atoms with van der Waals surface area (Å²) in [6, 6.07) is 5.74. The number of carbonyl (C=O) groups is 1. The average Bonchev–Trinajstić information content (AvgIpc) is 3.29. The highest BCUT2D eigenvalue weighted by molar-refractivity contribution is 6.02. The zero-order valence-corrected chi connectivity index (χ0v) is 16.7. The Balaban J connectivity index is 1.50. The van der Waals surface area contributed by atoms with Gasteiger partial charge in [0.25, 0.3) is 5.91 Å². The van der Waals surface area contributed by atoms with Gasteiger partial charge in [0.2, 0.25) is 0 Å². The maximum Gasteiger partial charge on any atom is 0.408 e. The first-order valence-electron chi connectivity index (χ1n) is 10.1. The van der Waals surface area contributed by atoms with Crippen LogP contribution in [0, 0.1) is 0 Å². The number of fused-ring (bicyclic) bond motifs is 2. The molecule has 1 aliphatic carbocycles. The van der Waals surface area contributed by atoms with Gasteiger partial charge in [-0.2, -0.15) is 18.3 Å². The Morgan fingerprint density at radius 3 is 2.81 bits per heavy atom. The number of rotatable bonds is 4. The topological polar surface area (TPSA) is 75.1 Å². The third-order valence-electron chi connectivity index (χ3n) is 6.00. The van der Waals surface area contributed by atoms with E-state index in [0.717, 1.165) is 34.8 Å². The molecular formula is C22H20F3N5O. The summed E-state index contributed by atoms with van der Waals surface area (Å²) in [7, 11) is 0. The van der Waals surface area contributed by atoms with Crippen molar-refractivity contribution in [2.75, 3.05) is 0 Å². The zero-order valence-electron chi connectivity index (χ0n) is 16.7. The molecule has 31 heavy (non-hydrogen) atoms. The second-order valence-corrected chi connectivity index (χ2v) is 8.00. The number of aromatic nitrogens is 4. The van der Waals surface area contributed by atoms with Gasteiger partial charge >= 0.3 is 6.18 Å². The molecule has 160 valence electrons. The molecule has 1 aliphatic rings. The summed E-state index contributed by atoms with van der Waals surface area (Å²) in [5, 5.41) is 7.04. The number of halogens is 3. The number of nitrogens with zero attached hydrogens (tertiary/aromatic N) is 3. The lowest BCUT2D eigenvalue weighted by Crippen LogP contribution is -2.43. The molecule has 5 rings (SSSR count). The Morgan fingerprint density at radius 1 is 1.29 bits per heavy atom. The van der Waals surface area contributed by atoms with Crippen LogP contribution in [0.3, 0.4) is 0 Å². The number of nitrogens with one attached hydrogen (secondary N) is 2. The summed E-state index contributed by atoms with van der Waals surface area (Å²) < 4.78 is 39.9. The van der Waals surface area contributed by atoms with Crippen molar-refractivity contribution in [2.45, 2.75) is 44.3 Å². The molecule has 4 aromatic heterocycles. The number of hydrogen-bond acceptors (Lipinski definition) is 3. The third kappa shape index (κ3) is 3.43. The summed E-state index contributed by atoms with van der Waals surface area (Å²) in [5.74, 6) is -0.290. The minimum atomic E-state index is -4.51. The lowest BCUT2D eigenvalue weighted by molar-refractivity contribution is -0.149. The van der Waals surface area contributed by atoms with E-state index in [9.17, 15) is 18.0 Å². The van der Waals surface area contributed by atoms with Crippen LogP contribution in [0.2, 0.25) is 0 Å². The first kappa shape index (κ1) is 19.6. The molecule has 2 N–H and O–H groups in total. The van der Waals surface area contributed by atoms with E-state index < -0.39 is 18.1 Å². The summed E-state index contributed by atoms with van der Waals surface area (Å²) in [4.78, 5) is 20.4. The van der Waals surface area contributed by atoms with E-state index in [0.29, 0.717) is 11.4 Å². The molecule has 0 saturated heterocycles. The van der Waals surface area contributed by atoms with Crippen molar-refractivity contribution in [3.05, 3.63) is 54.1 Å². The van der Waals surface area contributed by atoms with Gasteiger partial charge in [-0.1, -0.05) is 6.42 Å². The summed E-state index contributed by atoms with van der Waals surface area (Å²) >= 11 is 0. The Morgan fingerprint density at radius 2 is 2.10 bits per heavy atom. The molecule has 0 aromatic carbocycles. The molecule has 1 atom stereocenters. The molecule has 6 nitrogen and oxygen atoms in total. The molecule has 4 heterocycles. The molecule has 9 heteroatoms. The number of carbonyl (C=O) groups excluding carboxylic acids is 1. The Bertz CT molecular complexity index is 1290. The van der Waals surface area contributed by atoms with Crippen molar-refractivity contribution in [2.24, 2.45) is 0 Å². The molecule has 1 saturated carbocycles. The smallest absolute Gasteiger partial charge is 0.346 e. The van der Waals surface area contributed by atoms with Crippen LogP contribution in [0.15, 0.2) is 42.9 Å². The highest BCUT2D eigenvalue weighted by atomic mass is 19.4. The van der Waals surface area contributed by atoms with Gasteiger partial charge in [-0.3, -0.25) is 4.79 Å². The van der Waals surface area contributed by atoms with E-state index in [2.05, 4.69) is 16.1 Å². The van der Waals surface area contributed by atoms with Gasteiger partial charge in [-0.05, 0) is 49.6 Å². The van der Waals surface area contributed by atoms with Crippen LogP contribution in [0.5, 0.6) is 0 Å². The van der Waals surface area contributed by atoms with Crippen LogP contribution < -0.4 is 5.32 Å². The fourth-order valence-electron chi connectivity index (χ4n) is 3.87. The van der Waals surface area contributed by atoms with Crippen molar-refractivity contribution in [1.29, 1.82) is 0 Å². The zero-order chi connectivity index (χ0) is 21.8. The Hall–Kier alpha value is -3.36. The molecule has 4 aromatic rings. The predicted octanol–water partition coefficient (Wildman–Crippen LogP) is 4.83. The Labute approximate surface area is 175 Å². The van der Waals surface area contributed by atoms with E-state index >= 15 is 0 Å². The molecule has 0 spiro atoms. The lowest BCUT2D eigenvalue weighted by atomic mass is 9.82. The third-order valence-corrected chi connectivity index (χ3v) is 6.00. The second kappa shape index (κ2) is 7.11. The summed E-state index contributed by atoms with van der Waals surface area (Å²) in [6.07, 6.45) is 3.88. The van der Waals surface area contributed by atoms with Crippen LogP contribution in [0.4, 0.5) is 13.2 Å². The Kier molecular flexibility index (Phi) is 4.49. The van der Waals surface area contributed by atoms with Crippen molar-refractivity contribution in [3.63, 3.8) is 0 Å². The maximum atomic E-state index is 12.8. The van der Waals surface area contributed by atoms with Crippen LogP contribution in [-0.4, -0.2) is 37.7 Å². The number of alkyl halides is 3. The van der Waals surface area contributed by atoms with E-state index in [1.54, 1.807) is 12.3 Å². The van der Waals surface area contributed by atoms with Gasteiger partial charge < -0.3 is 10.3 Å². The van der Waals surface area contributed by atoms with Gasteiger partial charge in [0, 0.05) is 35.0 Å². The number of amides is 1. The van der Waals surface area contributed by atoms with Crippen molar-refractivity contribution < 1.29 is 18.0 Å². The van der Waals surface area contributed by atoms with Gasteiger partial charge in [-0.25, -0.2) is 9.50 Å². The van der Waals surface area contributed by atoms with E-state index in [4.69, 9.17) is 4.98 Å². The molecule has 0 bridgehead atoms. The second-order valence-electron chi connectivity index (χ2n) is 8.00. The van der Waals surface area contributed by atoms with Crippen molar-refractivity contribution >= 4 is 22.5 Å². The van der Waals surface area contributed by atoms with Gasteiger partial charge in [0.1, 0.15) is 11.7 Å². The van der Waals surface area contributed by atoms with Gasteiger partial charge in [-0.15, -0.1) is 0 Å². The van der Waals surface area contributed by atoms with Crippen LogP contribution in [0.1, 0.15) is 48.2 Å². The van der Waals surface area contributed by atoms with Crippen LogP contribution >= 0.6 is 0 Å². The van der Waals surface area contributed by atoms with E-state index in [1.165, 1.54) is 30.0 Å². The molecule has 1 fully saturated rings. The largest absolute Gasteiger partial charge is 0.408 e. The quantitative estimate of drug-likeness (QED) is 0.490. The van der Waals surface area contributed by atoms with Crippen LogP contribution in [0.25, 0.3) is 27.7 Å². The summed E-state index contributed by atoms with van der Waals surface area (Å²) in [6.45, 7) is 0.909. The van der Waals surface area contributed by atoms with Crippen LogP contribution in [-0.2, 0) is 0 Å². The van der Waals surface area contributed by atoms with E-state index in [1.807, 2.05) is 23.6 Å². The fourth-order valence-corrected chi connectivity index (χ4v) is 3.87. The number of aromatic amines is 1. The van der Waals surface area contributed by atoms with Crippen molar-refractivity contribution in [1.82, 2.24) is 24.9 Å². The van der Waals surface area contributed by atoms with Gasteiger partial charge in [0.15, 0.2) is 0 Å². The predicted molar refractivity (Wildman–Crippen MR) is 110 cm³/mol. The number of H-pyrrole nitrogens is 1. The first-order chi connectivity index (χ1) is 14.8. The number of pyridine rings is 2. The monoisotopic (exact) mass is 427 g/mol. The highest BCUT2D eigenvalue weighted by Gasteiger charge is 2.37. The van der Waals surface area contributed by atoms with E-state index in [-0.39, 0.29) is 5.56 Å². The molecule has 0 aliphatic heterocycles. The SMILES string of the molecule is C[C@@H](NC(=O)c1cnn2ccc(-c3c[nH]c4nc(C5CCC5)ccc34)cc12)C(F)(F)F. The normalized spacial score (nSPS) is 15.9. The minimum absolute atomic E-state index is 0.0863. The first-order valence-corrected chi connectivity index (χ1v) is 10.1. The standard InChI is InChI=1S/C22H20F3N5O/c1-12(22(23,24)25)28-21(31)17-11-27-30-8-7-14(9-19(17)30)16-10-26-20-15(16)5-6-18(29-20)13-3-2-4-13/h5-13H,2-4H2,1H3,(H,26,29)(H,28,31)/t12-/m1/s1. The average molecular weight is 427 g/mol. The molecule has 0 radical (unpaired) electrons. The highest BCUT2D eigenvalue weighted by Crippen LogP contribution is 2.37.